The Hall–Kier alpha value is -3.91. The van der Waals surface area contributed by atoms with Crippen LogP contribution in [-0.2, 0) is 23.1 Å². The molecule has 3 aromatic carbocycles. The molecule has 8 heteroatoms. The Morgan fingerprint density at radius 3 is 2.29 bits per heavy atom. The lowest BCUT2D eigenvalue weighted by Gasteiger charge is -2.23. The highest BCUT2D eigenvalue weighted by molar-refractivity contribution is 7.92. The SMILES string of the molecule is CCN(c1ccccc1)S(=O)(=O)c1cccc(C(=O)N(C)Cc2cnn(Cc3ccccc3)c2)c1. The van der Waals surface area contributed by atoms with Crippen molar-refractivity contribution in [2.45, 2.75) is 24.9 Å². The summed E-state index contributed by atoms with van der Waals surface area (Å²) >= 11 is 0. The van der Waals surface area contributed by atoms with Crippen LogP contribution in [0, 0.1) is 0 Å². The summed E-state index contributed by atoms with van der Waals surface area (Å²) < 4.78 is 29.9. The number of rotatable bonds is 9. The van der Waals surface area contributed by atoms with Gasteiger partial charge in [0.25, 0.3) is 15.9 Å². The van der Waals surface area contributed by atoms with Gasteiger partial charge in [0, 0.05) is 37.5 Å². The van der Waals surface area contributed by atoms with Crippen LogP contribution in [0.2, 0.25) is 0 Å². The van der Waals surface area contributed by atoms with Crippen LogP contribution >= 0.6 is 0 Å². The summed E-state index contributed by atoms with van der Waals surface area (Å²) in [5.74, 6) is -0.263. The normalized spacial score (nSPS) is 11.3. The number of para-hydroxylation sites is 1. The lowest BCUT2D eigenvalue weighted by atomic mass is 10.2. The summed E-state index contributed by atoms with van der Waals surface area (Å²) in [7, 11) is -2.13. The highest BCUT2D eigenvalue weighted by Crippen LogP contribution is 2.24. The molecular weight excluding hydrogens is 460 g/mol. The molecule has 0 N–H and O–H groups in total. The van der Waals surface area contributed by atoms with Gasteiger partial charge in [-0.15, -0.1) is 0 Å². The minimum Gasteiger partial charge on any atom is -0.337 e. The number of amides is 1. The Morgan fingerprint density at radius 2 is 1.60 bits per heavy atom. The molecule has 35 heavy (non-hydrogen) atoms. The van der Waals surface area contributed by atoms with E-state index in [1.54, 1.807) is 61.5 Å². The summed E-state index contributed by atoms with van der Waals surface area (Å²) in [6, 6.07) is 25.2. The van der Waals surface area contributed by atoms with Gasteiger partial charge in [0.15, 0.2) is 0 Å². The van der Waals surface area contributed by atoms with Crippen molar-refractivity contribution in [2.75, 3.05) is 17.9 Å². The first kappa shape index (κ1) is 24.2. The largest absolute Gasteiger partial charge is 0.337 e. The summed E-state index contributed by atoms with van der Waals surface area (Å²) in [4.78, 5) is 14.8. The number of hydrogen-bond donors (Lipinski definition) is 0. The van der Waals surface area contributed by atoms with Crippen LogP contribution in [0.25, 0.3) is 0 Å². The van der Waals surface area contributed by atoms with Crippen molar-refractivity contribution in [3.63, 3.8) is 0 Å². The van der Waals surface area contributed by atoms with Crippen molar-refractivity contribution in [1.29, 1.82) is 0 Å². The Balaban J connectivity index is 1.48. The molecule has 180 valence electrons. The van der Waals surface area contributed by atoms with Crippen molar-refractivity contribution in [3.8, 4) is 0 Å². The first-order valence-corrected chi connectivity index (χ1v) is 12.8. The van der Waals surface area contributed by atoms with Crippen LogP contribution in [0.1, 0.15) is 28.4 Å². The molecule has 1 heterocycles. The Labute approximate surface area is 206 Å². The van der Waals surface area contributed by atoms with Crippen LogP contribution in [0.4, 0.5) is 5.69 Å². The van der Waals surface area contributed by atoms with Crippen LogP contribution in [0.5, 0.6) is 0 Å². The molecule has 0 aliphatic rings. The summed E-state index contributed by atoms with van der Waals surface area (Å²) in [6.45, 7) is 3.06. The average molecular weight is 489 g/mol. The quantitative estimate of drug-likeness (QED) is 0.350. The molecule has 0 aliphatic heterocycles. The molecule has 0 unspecified atom stereocenters. The second-order valence-corrected chi connectivity index (χ2v) is 10.1. The van der Waals surface area contributed by atoms with Gasteiger partial charge in [-0.3, -0.25) is 13.8 Å². The van der Waals surface area contributed by atoms with Crippen LogP contribution in [-0.4, -0.2) is 42.6 Å². The first-order chi connectivity index (χ1) is 16.9. The fourth-order valence-electron chi connectivity index (χ4n) is 3.91. The van der Waals surface area contributed by atoms with Crippen molar-refractivity contribution in [3.05, 3.63) is 114 Å². The van der Waals surface area contributed by atoms with Gasteiger partial charge in [-0.25, -0.2) is 8.42 Å². The molecule has 0 saturated carbocycles. The molecule has 1 amide bonds. The van der Waals surface area contributed by atoms with Crippen LogP contribution < -0.4 is 4.31 Å². The fourth-order valence-corrected chi connectivity index (χ4v) is 5.43. The standard InChI is InChI=1S/C27H28N4O3S/c1-3-31(25-14-8-5-9-15-25)35(33,34)26-16-10-13-24(17-26)27(32)29(2)19-23-18-28-30(21-23)20-22-11-6-4-7-12-22/h4-18,21H,3,19-20H2,1-2H3. The number of hydrogen-bond acceptors (Lipinski definition) is 4. The molecular formula is C27H28N4O3S. The molecule has 0 aliphatic carbocycles. The highest BCUT2D eigenvalue weighted by atomic mass is 32.2. The monoisotopic (exact) mass is 488 g/mol. The van der Waals surface area contributed by atoms with Crippen LogP contribution in [0.15, 0.2) is 102 Å². The summed E-state index contributed by atoms with van der Waals surface area (Å²) in [5, 5.41) is 4.39. The maximum Gasteiger partial charge on any atom is 0.264 e. The topological polar surface area (TPSA) is 75.5 Å². The van der Waals surface area contributed by atoms with Crippen LogP contribution in [0.3, 0.4) is 0 Å². The van der Waals surface area contributed by atoms with E-state index in [0.717, 1.165) is 11.1 Å². The number of aromatic nitrogens is 2. The molecule has 0 fully saturated rings. The lowest BCUT2D eigenvalue weighted by molar-refractivity contribution is 0.0785. The van der Waals surface area contributed by atoms with Gasteiger partial charge in [-0.05, 0) is 42.8 Å². The summed E-state index contributed by atoms with van der Waals surface area (Å²) in [5.41, 5.74) is 2.92. The Bertz CT molecular complexity index is 1390. The molecule has 1 aromatic heterocycles. The number of benzene rings is 3. The maximum absolute atomic E-state index is 13.3. The van der Waals surface area contributed by atoms with E-state index < -0.39 is 10.0 Å². The van der Waals surface area contributed by atoms with Gasteiger partial charge in [-0.2, -0.15) is 5.10 Å². The molecule has 0 radical (unpaired) electrons. The van der Waals surface area contributed by atoms with E-state index in [0.29, 0.717) is 24.3 Å². The van der Waals surface area contributed by atoms with Crippen molar-refractivity contribution < 1.29 is 13.2 Å². The van der Waals surface area contributed by atoms with E-state index in [1.165, 1.54) is 16.4 Å². The van der Waals surface area contributed by atoms with E-state index in [9.17, 15) is 13.2 Å². The Kier molecular flexibility index (Phi) is 7.31. The zero-order chi connectivity index (χ0) is 24.8. The number of carbonyl (C=O) groups is 1. The third kappa shape index (κ3) is 5.60. The second-order valence-electron chi connectivity index (χ2n) is 8.23. The fraction of sp³-hybridized carbons (Fsp3) is 0.185. The zero-order valence-corrected chi connectivity index (χ0v) is 20.6. The van der Waals surface area contributed by atoms with Gasteiger partial charge in [-0.1, -0.05) is 54.6 Å². The molecule has 0 atom stereocenters. The predicted molar refractivity (Wildman–Crippen MR) is 137 cm³/mol. The molecule has 4 rings (SSSR count). The van der Waals surface area contributed by atoms with Crippen molar-refractivity contribution in [1.82, 2.24) is 14.7 Å². The van der Waals surface area contributed by atoms with E-state index >= 15 is 0 Å². The number of carbonyl (C=O) groups excluding carboxylic acids is 1. The van der Waals surface area contributed by atoms with Gasteiger partial charge < -0.3 is 4.90 Å². The van der Waals surface area contributed by atoms with Crippen molar-refractivity contribution in [2.24, 2.45) is 0 Å². The van der Waals surface area contributed by atoms with Gasteiger partial charge in [0.05, 0.1) is 23.3 Å². The average Bonchev–Trinajstić information content (AvgIpc) is 3.31. The van der Waals surface area contributed by atoms with Gasteiger partial charge in [0.2, 0.25) is 0 Å². The minimum atomic E-state index is -3.82. The maximum atomic E-state index is 13.3. The molecule has 0 saturated heterocycles. The third-order valence-electron chi connectivity index (χ3n) is 5.64. The number of sulfonamides is 1. The Morgan fingerprint density at radius 1 is 0.914 bits per heavy atom. The molecule has 0 spiro atoms. The zero-order valence-electron chi connectivity index (χ0n) is 19.8. The van der Waals surface area contributed by atoms with Gasteiger partial charge in [0.1, 0.15) is 0 Å². The minimum absolute atomic E-state index is 0.0816. The van der Waals surface area contributed by atoms with E-state index in [2.05, 4.69) is 5.10 Å². The molecule has 0 bridgehead atoms. The summed E-state index contributed by atoms with van der Waals surface area (Å²) in [6.07, 6.45) is 3.66. The highest BCUT2D eigenvalue weighted by Gasteiger charge is 2.25. The van der Waals surface area contributed by atoms with Crippen molar-refractivity contribution >= 4 is 21.6 Å². The number of nitrogens with zero attached hydrogens (tertiary/aromatic N) is 4. The van der Waals surface area contributed by atoms with E-state index in [-0.39, 0.29) is 17.3 Å². The number of anilines is 1. The van der Waals surface area contributed by atoms with Gasteiger partial charge >= 0.3 is 0 Å². The first-order valence-electron chi connectivity index (χ1n) is 11.4. The van der Waals surface area contributed by atoms with E-state index in [1.807, 2.05) is 47.3 Å². The molecule has 7 nitrogen and oxygen atoms in total. The predicted octanol–water partition coefficient (Wildman–Crippen LogP) is 4.42. The third-order valence-corrected chi connectivity index (χ3v) is 7.54. The second kappa shape index (κ2) is 10.6. The molecule has 4 aromatic rings. The lowest BCUT2D eigenvalue weighted by Crippen LogP contribution is -2.31. The smallest absolute Gasteiger partial charge is 0.264 e. The van der Waals surface area contributed by atoms with E-state index in [4.69, 9.17) is 0 Å².